The van der Waals surface area contributed by atoms with Crippen molar-refractivity contribution < 1.29 is 4.79 Å². The van der Waals surface area contributed by atoms with Gasteiger partial charge in [0.2, 0.25) is 11.1 Å². The summed E-state index contributed by atoms with van der Waals surface area (Å²) in [5.41, 5.74) is 3.41. The first-order chi connectivity index (χ1) is 14.6. The first-order valence-electron chi connectivity index (χ1n) is 9.36. The van der Waals surface area contributed by atoms with Gasteiger partial charge in [-0.15, -0.1) is 5.10 Å². The summed E-state index contributed by atoms with van der Waals surface area (Å²) in [4.78, 5) is 17.7. The smallest absolute Gasteiger partial charge is 0.242 e. The van der Waals surface area contributed by atoms with E-state index in [0.717, 1.165) is 16.7 Å². The van der Waals surface area contributed by atoms with E-state index in [-0.39, 0.29) is 5.91 Å². The predicted octanol–water partition coefficient (Wildman–Crippen LogP) is 5.91. The van der Waals surface area contributed by atoms with Crippen LogP contribution in [0.25, 0.3) is 11.4 Å². The number of nitrogens with zero attached hydrogens (tertiary/aromatic N) is 2. The van der Waals surface area contributed by atoms with Crippen LogP contribution in [0.15, 0.2) is 84.0 Å². The van der Waals surface area contributed by atoms with Crippen LogP contribution in [0.3, 0.4) is 0 Å². The number of aryl methyl sites for hydroxylation is 1. The highest BCUT2D eigenvalue weighted by molar-refractivity contribution is 8.00. The molecule has 5 nitrogen and oxygen atoms in total. The molecule has 1 aromatic heterocycles. The summed E-state index contributed by atoms with van der Waals surface area (Å²) in [5, 5.41) is 10.8. The maximum absolute atomic E-state index is 13.1. The molecule has 0 saturated carbocycles. The lowest BCUT2D eigenvalue weighted by Crippen LogP contribution is -2.19. The summed E-state index contributed by atoms with van der Waals surface area (Å²) < 4.78 is 0. The minimum absolute atomic E-state index is 0.169. The Labute approximate surface area is 183 Å². The zero-order chi connectivity index (χ0) is 20.9. The third-order valence-electron chi connectivity index (χ3n) is 4.52. The van der Waals surface area contributed by atoms with E-state index in [0.29, 0.717) is 21.7 Å². The van der Waals surface area contributed by atoms with Crippen LogP contribution in [-0.2, 0) is 4.79 Å². The number of carbonyl (C=O) groups is 1. The van der Waals surface area contributed by atoms with Gasteiger partial charge in [-0.25, -0.2) is 4.98 Å². The van der Waals surface area contributed by atoms with Crippen molar-refractivity contribution in [2.45, 2.75) is 17.3 Å². The van der Waals surface area contributed by atoms with E-state index in [1.54, 1.807) is 6.07 Å². The number of anilines is 1. The van der Waals surface area contributed by atoms with Crippen LogP contribution < -0.4 is 5.32 Å². The van der Waals surface area contributed by atoms with Crippen LogP contribution in [0.4, 0.5) is 5.69 Å². The number of carbonyl (C=O) groups excluding carboxylic acids is 1. The molecular formula is C23H19ClN4OS. The molecule has 0 radical (unpaired) electrons. The summed E-state index contributed by atoms with van der Waals surface area (Å²) >= 11 is 7.50. The molecule has 1 heterocycles. The highest BCUT2D eigenvalue weighted by Crippen LogP contribution is 2.35. The Morgan fingerprint density at radius 3 is 2.43 bits per heavy atom. The van der Waals surface area contributed by atoms with Gasteiger partial charge in [-0.1, -0.05) is 90.1 Å². The predicted molar refractivity (Wildman–Crippen MR) is 122 cm³/mol. The van der Waals surface area contributed by atoms with Gasteiger partial charge in [-0.2, -0.15) is 0 Å². The van der Waals surface area contributed by atoms with Crippen molar-refractivity contribution in [1.29, 1.82) is 0 Å². The van der Waals surface area contributed by atoms with Crippen molar-refractivity contribution in [2.75, 3.05) is 5.32 Å². The third kappa shape index (κ3) is 4.72. The molecule has 0 aliphatic rings. The molecule has 7 heteroatoms. The summed E-state index contributed by atoms with van der Waals surface area (Å²) in [5.74, 6) is 0.493. The second-order valence-corrected chi connectivity index (χ2v) is 8.17. The van der Waals surface area contributed by atoms with E-state index in [1.807, 2.05) is 79.7 Å². The lowest BCUT2D eigenvalue weighted by Gasteiger charge is -2.16. The van der Waals surface area contributed by atoms with Crippen LogP contribution in [0.5, 0.6) is 0 Å². The van der Waals surface area contributed by atoms with E-state index in [1.165, 1.54) is 11.8 Å². The number of hydrogen-bond acceptors (Lipinski definition) is 4. The Bertz CT molecular complexity index is 1150. The van der Waals surface area contributed by atoms with Crippen molar-refractivity contribution in [3.8, 4) is 11.4 Å². The molecule has 30 heavy (non-hydrogen) atoms. The number of H-pyrrole nitrogens is 1. The summed E-state index contributed by atoms with van der Waals surface area (Å²) in [6, 6.07) is 24.8. The van der Waals surface area contributed by atoms with Gasteiger partial charge in [0.25, 0.3) is 0 Å². The van der Waals surface area contributed by atoms with Gasteiger partial charge in [-0.05, 0) is 30.2 Å². The average molecular weight is 435 g/mol. The minimum Gasteiger partial charge on any atom is -0.325 e. The lowest BCUT2D eigenvalue weighted by molar-refractivity contribution is -0.115. The zero-order valence-corrected chi connectivity index (χ0v) is 17.7. The molecule has 2 N–H and O–H groups in total. The van der Waals surface area contributed by atoms with Crippen molar-refractivity contribution in [2.24, 2.45) is 0 Å². The highest BCUT2D eigenvalue weighted by atomic mass is 35.5. The second kappa shape index (κ2) is 9.15. The Morgan fingerprint density at radius 1 is 1.03 bits per heavy atom. The van der Waals surface area contributed by atoms with Gasteiger partial charge >= 0.3 is 0 Å². The first-order valence-corrected chi connectivity index (χ1v) is 10.6. The molecule has 4 aromatic rings. The molecular weight excluding hydrogens is 416 g/mol. The SMILES string of the molecule is Cc1ccc(NC(=O)C(Sc2n[nH]c(-c3ccccc3)n2)c2ccccc2)cc1Cl. The van der Waals surface area contributed by atoms with Crippen LogP contribution >= 0.6 is 23.4 Å². The fourth-order valence-electron chi connectivity index (χ4n) is 2.91. The average Bonchev–Trinajstić information content (AvgIpc) is 3.24. The van der Waals surface area contributed by atoms with Crippen LogP contribution in [-0.4, -0.2) is 21.1 Å². The van der Waals surface area contributed by atoms with Gasteiger partial charge in [-0.3, -0.25) is 9.89 Å². The Morgan fingerprint density at radius 2 is 1.73 bits per heavy atom. The quantitative estimate of drug-likeness (QED) is 0.370. The van der Waals surface area contributed by atoms with E-state index in [4.69, 9.17) is 11.6 Å². The fraction of sp³-hybridized carbons (Fsp3) is 0.0870. The molecule has 1 amide bonds. The van der Waals surface area contributed by atoms with Gasteiger partial charge in [0.05, 0.1) is 0 Å². The van der Waals surface area contributed by atoms with Crippen molar-refractivity contribution in [1.82, 2.24) is 15.2 Å². The van der Waals surface area contributed by atoms with Crippen LogP contribution in [0.1, 0.15) is 16.4 Å². The lowest BCUT2D eigenvalue weighted by atomic mass is 10.1. The molecule has 0 aliphatic carbocycles. The Kier molecular flexibility index (Phi) is 6.16. The third-order valence-corrected chi connectivity index (χ3v) is 6.04. The van der Waals surface area contributed by atoms with Crippen LogP contribution in [0.2, 0.25) is 5.02 Å². The Hall–Kier alpha value is -3.09. The van der Waals surface area contributed by atoms with Crippen molar-refractivity contribution in [3.63, 3.8) is 0 Å². The Balaban J connectivity index is 1.58. The number of amides is 1. The number of nitrogens with one attached hydrogen (secondary N) is 2. The molecule has 4 rings (SSSR count). The molecule has 1 atom stereocenters. The van der Waals surface area contributed by atoms with E-state index in [9.17, 15) is 4.79 Å². The van der Waals surface area contributed by atoms with Gasteiger partial charge < -0.3 is 5.32 Å². The van der Waals surface area contributed by atoms with Crippen molar-refractivity contribution in [3.05, 3.63) is 95.0 Å². The highest BCUT2D eigenvalue weighted by Gasteiger charge is 2.24. The van der Waals surface area contributed by atoms with Crippen molar-refractivity contribution >= 4 is 35.0 Å². The fourth-order valence-corrected chi connectivity index (χ4v) is 4.00. The molecule has 3 aromatic carbocycles. The zero-order valence-electron chi connectivity index (χ0n) is 16.2. The summed E-state index contributed by atoms with van der Waals surface area (Å²) in [7, 11) is 0. The monoisotopic (exact) mass is 434 g/mol. The van der Waals surface area contributed by atoms with Gasteiger partial charge in [0, 0.05) is 16.3 Å². The van der Waals surface area contributed by atoms with E-state index < -0.39 is 5.25 Å². The van der Waals surface area contributed by atoms with Crippen LogP contribution in [0, 0.1) is 6.92 Å². The number of benzene rings is 3. The number of aromatic nitrogens is 3. The topological polar surface area (TPSA) is 70.7 Å². The van der Waals surface area contributed by atoms with Gasteiger partial charge in [0.15, 0.2) is 5.82 Å². The number of rotatable bonds is 6. The second-order valence-electron chi connectivity index (χ2n) is 6.69. The standard InChI is InChI=1S/C23H19ClN4OS/c1-15-12-13-18(14-19(15)24)25-22(29)20(16-8-4-2-5-9-16)30-23-26-21(27-28-23)17-10-6-3-7-11-17/h2-14,20H,1H3,(H,25,29)(H,26,27,28). The summed E-state index contributed by atoms with van der Waals surface area (Å²) in [6.45, 7) is 1.92. The number of thioether (sulfide) groups is 1. The maximum atomic E-state index is 13.1. The molecule has 0 fully saturated rings. The normalized spacial score (nSPS) is 11.8. The molecule has 0 saturated heterocycles. The van der Waals surface area contributed by atoms with E-state index in [2.05, 4.69) is 20.5 Å². The minimum atomic E-state index is -0.522. The first kappa shape index (κ1) is 20.2. The summed E-state index contributed by atoms with van der Waals surface area (Å²) in [6.07, 6.45) is 0. The molecule has 0 aliphatic heterocycles. The number of hydrogen-bond donors (Lipinski definition) is 2. The number of halogens is 1. The molecule has 0 spiro atoms. The number of aromatic amines is 1. The maximum Gasteiger partial charge on any atom is 0.242 e. The largest absolute Gasteiger partial charge is 0.325 e. The van der Waals surface area contributed by atoms with Gasteiger partial charge in [0.1, 0.15) is 5.25 Å². The molecule has 0 bridgehead atoms. The molecule has 150 valence electrons. The molecule has 1 unspecified atom stereocenters. The van der Waals surface area contributed by atoms with E-state index >= 15 is 0 Å².